The highest BCUT2D eigenvalue weighted by atomic mass is 16.6. The number of methoxy groups -OCH3 is 2. The zero-order chi connectivity index (χ0) is 17.3. The lowest BCUT2D eigenvalue weighted by atomic mass is 9.85. The Kier molecular flexibility index (Phi) is 4.46. The van der Waals surface area contributed by atoms with Crippen LogP contribution >= 0.6 is 0 Å². The van der Waals surface area contributed by atoms with E-state index in [-0.39, 0.29) is 0 Å². The molecule has 6 heteroatoms. The Balaban J connectivity index is 2.25. The van der Waals surface area contributed by atoms with Gasteiger partial charge in [-0.05, 0) is 30.9 Å². The largest absolute Gasteiger partial charge is 0.493 e. The van der Waals surface area contributed by atoms with Crippen LogP contribution in [0.4, 0.5) is 0 Å². The number of aryl methyl sites for hydroxylation is 1. The van der Waals surface area contributed by atoms with Gasteiger partial charge < -0.3 is 14.3 Å². The Morgan fingerprint density at radius 3 is 2.62 bits per heavy atom. The normalized spacial score (nSPS) is 18.4. The average Bonchev–Trinajstić information content (AvgIpc) is 2.91. The fourth-order valence-corrected chi connectivity index (χ4v) is 3.39. The maximum atomic E-state index is 5.59. The first-order chi connectivity index (χ1) is 11.6. The Morgan fingerprint density at radius 1 is 1.17 bits per heavy atom. The molecule has 1 atom stereocenters. The zero-order valence-electron chi connectivity index (χ0n) is 14.8. The highest BCUT2D eigenvalue weighted by Gasteiger charge is 2.30. The maximum Gasteiger partial charge on any atom is 0.170 e. The van der Waals surface area contributed by atoms with Crippen LogP contribution in [0.25, 0.3) is 11.3 Å². The molecule has 0 radical (unpaired) electrons. The van der Waals surface area contributed by atoms with Crippen molar-refractivity contribution in [3.8, 4) is 22.8 Å². The van der Waals surface area contributed by atoms with E-state index < -0.39 is 0 Å². The molecule has 0 bridgehead atoms. The number of fused-ring (bicyclic) bond motifs is 1. The number of hydrogen-bond acceptors (Lipinski definition) is 5. The Bertz CT molecular complexity index is 780. The third-order valence-corrected chi connectivity index (χ3v) is 4.40. The lowest BCUT2D eigenvalue weighted by Crippen LogP contribution is -2.20. The summed E-state index contributed by atoms with van der Waals surface area (Å²) < 4.78 is 13.0. The minimum atomic E-state index is 0.502. The maximum absolute atomic E-state index is 5.59. The second kappa shape index (κ2) is 6.55. The molecule has 1 aromatic carbocycles. The summed E-state index contributed by atoms with van der Waals surface area (Å²) in [4.78, 5) is 5.08. The van der Waals surface area contributed by atoms with Crippen molar-refractivity contribution in [1.82, 2.24) is 9.78 Å². The predicted molar refractivity (Wildman–Crippen MR) is 92.8 cm³/mol. The summed E-state index contributed by atoms with van der Waals surface area (Å²) in [6.07, 6.45) is 1.83. The van der Waals surface area contributed by atoms with Crippen LogP contribution in [0.3, 0.4) is 0 Å². The van der Waals surface area contributed by atoms with E-state index in [9.17, 15) is 0 Å². The number of oxime groups is 1. The fourth-order valence-electron chi connectivity index (χ4n) is 3.39. The van der Waals surface area contributed by atoms with Crippen molar-refractivity contribution >= 4 is 5.71 Å². The van der Waals surface area contributed by atoms with Crippen LogP contribution in [0.1, 0.15) is 24.6 Å². The van der Waals surface area contributed by atoms with Gasteiger partial charge in [-0.15, -0.1) is 0 Å². The van der Waals surface area contributed by atoms with Crippen LogP contribution in [-0.2, 0) is 18.3 Å². The highest BCUT2D eigenvalue weighted by Crippen LogP contribution is 2.41. The van der Waals surface area contributed by atoms with Crippen molar-refractivity contribution < 1.29 is 14.3 Å². The minimum absolute atomic E-state index is 0.502. The summed E-state index contributed by atoms with van der Waals surface area (Å²) in [5.74, 6) is 1.86. The van der Waals surface area contributed by atoms with Gasteiger partial charge in [-0.2, -0.15) is 5.10 Å². The molecule has 1 aliphatic carbocycles. The van der Waals surface area contributed by atoms with Gasteiger partial charge in [-0.1, -0.05) is 18.1 Å². The highest BCUT2D eigenvalue weighted by molar-refractivity contribution is 6.07. The molecule has 1 heterocycles. The van der Waals surface area contributed by atoms with Gasteiger partial charge in [0.25, 0.3) is 0 Å². The van der Waals surface area contributed by atoms with Crippen LogP contribution in [-0.4, -0.2) is 36.8 Å². The SMILES string of the molecule is CON=C1CC(C)Cc2c1c(-c1cccc(OC)c1OC)nn2C. The van der Waals surface area contributed by atoms with E-state index in [0.29, 0.717) is 17.4 Å². The number of nitrogens with zero attached hydrogens (tertiary/aromatic N) is 3. The number of rotatable bonds is 4. The number of benzene rings is 1. The molecule has 24 heavy (non-hydrogen) atoms. The molecule has 3 rings (SSSR count). The molecule has 0 fully saturated rings. The van der Waals surface area contributed by atoms with E-state index in [1.807, 2.05) is 29.9 Å². The Hall–Kier alpha value is -2.50. The van der Waals surface area contributed by atoms with Gasteiger partial charge in [-0.3, -0.25) is 4.68 Å². The lowest BCUT2D eigenvalue weighted by Gasteiger charge is -2.21. The molecular weight excluding hydrogens is 306 g/mol. The van der Waals surface area contributed by atoms with Crippen molar-refractivity contribution in [3.63, 3.8) is 0 Å². The molecule has 1 unspecified atom stereocenters. The number of para-hydroxylation sites is 1. The van der Waals surface area contributed by atoms with Crippen LogP contribution in [0, 0.1) is 5.92 Å². The second-order valence-corrected chi connectivity index (χ2v) is 6.07. The predicted octanol–water partition coefficient (Wildman–Crippen LogP) is 3.04. The summed E-state index contributed by atoms with van der Waals surface area (Å²) >= 11 is 0. The van der Waals surface area contributed by atoms with Crippen LogP contribution in [0.15, 0.2) is 23.4 Å². The Labute approximate surface area is 142 Å². The Morgan fingerprint density at radius 2 is 1.96 bits per heavy atom. The molecular formula is C18H23N3O3. The molecule has 0 saturated heterocycles. The summed E-state index contributed by atoms with van der Waals surface area (Å²) in [6.45, 7) is 2.22. The van der Waals surface area contributed by atoms with Crippen molar-refractivity contribution in [3.05, 3.63) is 29.5 Å². The van der Waals surface area contributed by atoms with Crippen LogP contribution in [0.2, 0.25) is 0 Å². The van der Waals surface area contributed by atoms with Gasteiger partial charge in [0.05, 0.1) is 19.9 Å². The van der Waals surface area contributed by atoms with E-state index in [1.165, 1.54) is 5.69 Å². The van der Waals surface area contributed by atoms with E-state index in [4.69, 9.17) is 19.4 Å². The first-order valence-corrected chi connectivity index (χ1v) is 7.98. The second-order valence-electron chi connectivity index (χ2n) is 6.07. The lowest BCUT2D eigenvalue weighted by molar-refractivity contribution is 0.212. The van der Waals surface area contributed by atoms with E-state index >= 15 is 0 Å². The van der Waals surface area contributed by atoms with Crippen LogP contribution in [0.5, 0.6) is 11.5 Å². The third kappa shape index (κ3) is 2.62. The van der Waals surface area contributed by atoms with Gasteiger partial charge in [0.1, 0.15) is 12.8 Å². The van der Waals surface area contributed by atoms with Crippen molar-refractivity contribution in [1.29, 1.82) is 0 Å². The quantitative estimate of drug-likeness (QED) is 0.809. The van der Waals surface area contributed by atoms with Crippen molar-refractivity contribution in [2.24, 2.45) is 18.1 Å². The molecule has 0 spiro atoms. The summed E-state index contributed by atoms with van der Waals surface area (Å²) in [6, 6.07) is 5.81. The van der Waals surface area contributed by atoms with Gasteiger partial charge in [0, 0.05) is 23.9 Å². The first kappa shape index (κ1) is 16.4. The molecule has 128 valence electrons. The van der Waals surface area contributed by atoms with Crippen molar-refractivity contribution in [2.75, 3.05) is 21.3 Å². The molecule has 0 aliphatic heterocycles. The number of hydrogen-bond donors (Lipinski definition) is 0. The van der Waals surface area contributed by atoms with E-state index in [1.54, 1.807) is 21.3 Å². The zero-order valence-corrected chi connectivity index (χ0v) is 14.8. The van der Waals surface area contributed by atoms with E-state index in [2.05, 4.69) is 12.1 Å². The summed E-state index contributed by atoms with van der Waals surface area (Å²) in [5, 5.41) is 9.02. The molecule has 1 aliphatic rings. The summed E-state index contributed by atoms with van der Waals surface area (Å²) in [7, 11) is 6.82. The molecule has 6 nitrogen and oxygen atoms in total. The minimum Gasteiger partial charge on any atom is -0.493 e. The van der Waals surface area contributed by atoms with Crippen LogP contribution < -0.4 is 9.47 Å². The molecule has 1 aromatic heterocycles. The molecule has 2 aromatic rings. The standard InChI is InChI=1S/C18H23N3O3/c1-11-9-13(20-24-5)16-14(10-11)21(2)19-17(16)12-7-6-8-15(22-3)18(12)23-4/h6-8,11H,9-10H2,1-5H3. The number of ether oxygens (including phenoxy) is 2. The fraction of sp³-hybridized carbons (Fsp3) is 0.444. The monoisotopic (exact) mass is 329 g/mol. The average molecular weight is 329 g/mol. The molecule has 0 N–H and O–H groups in total. The first-order valence-electron chi connectivity index (χ1n) is 7.98. The topological polar surface area (TPSA) is 57.9 Å². The van der Waals surface area contributed by atoms with Crippen molar-refractivity contribution in [2.45, 2.75) is 19.8 Å². The third-order valence-electron chi connectivity index (χ3n) is 4.40. The van der Waals surface area contributed by atoms with Gasteiger partial charge >= 0.3 is 0 Å². The molecule has 0 saturated carbocycles. The number of aromatic nitrogens is 2. The van der Waals surface area contributed by atoms with E-state index in [0.717, 1.165) is 35.4 Å². The molecule has 0 amide bonds. The summed E-state index contributed by atoms with van der Waals surface area (Å²) in [5.41, 5.74) is 4.89. The van der Waals surface area contributed by atoms with Gasteiger partial charge in [0.15, 0.2) is 11.5 Å². The van der Waals surface area contributed by atoms with Gasteiger partial charge in [0.2, 0.25) is 0 Å². The smallest absolute Gasteiger partial charge is 0.170 e. The van der Waals surface area contributed by atoms with Gasteiger partial charge in [-0.25, -0.2) is 0 Å².